The van der Waals surface area contributed by atoms with Gasteiger partial charge in [0, 0.05) is 13.1 Å². The summed E-state index contributed by atoms with van der Waals surface area (Å²) in [5.74, 6) is -0.958. The number of ether oxygens (including phenoxy) is 1. The molecule has 1 fully saturated rings. The average Bonchev–Trinajstić information content (AvgIpc) is 2.58. The van der Waals surface area contributed by atoms with Crippen LogP contribution in [0.3, 0.4) is 0 Å². The van der Waals surface area contributed by atoms with Crippen molar-refractivity contribution in [2.75, 3.05) is 13.2 Å². The monoisotopic (exact) mass is 320 g/mol. The molecule has 1 aliphatic rings. The Kier molecular flexibility index (Phi) is 6.87. The minimum absolute atomic E-state index is 0.234. The van der Waals surface area contributed by atoms with Crippen LogP contribution in [0.5, 0.6) is 0 Å². The van der Waals surface area contributed by atoms with Crippen LogP contribution in [0.2, 0.25) is 0 Å². The Hall–Kier alpha value is -2.08. The second kappa shape index (κ2) is 9.15. The van der Waals surface area contributed by atoms with E-state index in [-0.39, 0.29) is 11.6 Å². The third kappa shape index (κ3) is 6.28. The normalized spacial score (nSPS) is 15.1. The fraction of sp³-hybridized carbons (Fsp3) is 0.529. The summed E-state index contributed by atoms with van der Waals surface area (Å²) in [6.07, 6.45) is 6.37. The van der Waals surface area contributed by atoms with Crippen LogP contribution in [0.25, 0.3) is 0 Å². The Morgan fingerprint density at radius 2 is 1.78 bits per heavy atom. The van der Waals surface area contributed by atoms with Crippen molar-refractivity contribution in [3.05, 3.63) is 35.4 Å². The van der Waals surface area contributed by atoms with Gasteiger partial charge in [-0.3, -0.25) is 0 Å². The Morgan fingerprint density at radius 3 is 2.43 bits per heavy atom. The molecule has 0 radical (unpaired) electrons. The van der Waals surface area contributed by atoms with Crippen molar-refractivity contribution in [1.29, 1.82) is 0 Å². The molecule has 1 aliphatic carbocycles. The number of hydrogen-bond acceptors (Lipinski definition) is 3. The lowest BCUT2D eigenvalue weighted by Crippen LogP contribution is -2.37. The minimum atomic E-state index is -0.958. The van der Waals surface area contributed by atoms with Gasteiger partial charge in [-0.2, -0.15) is 0 Å². The highest BCUT2D eigenvalue weighted by atomic mass is 16.5. The number of hydrogen-bond donors (Lipinski definition) is 3. The third-order valence-electron chi connectivity index (χ3n) is 3.95. The molecule has 23 heavy (non-hydrogen) atoms. The highest BCUT2D eigenvalue weighted by molar-refractivity contribution is 5.87. The fourth-order valence-electron chi connectivity index (χ4n) is 2.63. The predicted octanol–water partition coefficient (Wildman–Crippen LogP) is 2.53. The molecule has 6 nitrogen and oxygen atoms in total. The minimum Gasteiger partial charge on any atom is -0.478 e. The number of carboxylic acid groups (broad SMARTS) is 1. The van der Waals surface area contributed by atoms with Crippen LogP contribution >= 0.6 is 0 Å². The van der Waals surface area contributed by atoms with E-state index in [2.05, 4.69) is 10.6 Å². The number of carbonyl (C=O) groups excluding carboxylic acids is 1. The quantitative estimate of drug-likeness (QED) is 0.674. The molecule has 2 amide bonds. The number of urea groups is 1. The van der Waals surface area contributed by atoms with E-state index >= 15 is 0 Å². The van der Waals surface area contributed by atoms with Gasteiger partial charge in [0.25, 0.3) is 0 Å². The summed E-state index contributed by atoms with van der Waals surface area (Å²) in [5, 5.41) is 14.3. The highest BCUT2D eigenvalue weighted by Gasteiger charge is 2.13. The van der Waals surface area contributed by atoms with Gasteiger partial charge in [-0.1, -0.05) is 31.4 Å². The first-order valence-corrected chi connectivity index (χ1v) is 8.10. The van der Waals surface area contributed by atoms with Crippen molar-refractivity contribution < 1.29 is 19.4 Å². The van der Waals surface area contributed by atoms with Gasteiger partial charge < -0.3 is 20.5 Å². The molecule has 0 atom stereocenters. The van der Waals surface area contributed by atoms with Crippen LogP contribution < -0.4 is 10.6 Å². The zero-order valence-corrected chi connectivity index (χ0v) is 13.2. The van der Waals surface area contributed by atoms with Gasteiger partial charge in [0.15, 0.2) is 0 Å². The first-order chi connectivity index (χ1) is 11.1. The van der Waals surface area contributed by atoms with E-state index in [1.807, 2.05) is 0 Å². The van der Waals surface area contributed by atoms with Crippen molar-refractivity contribution in [3.8, 4) is 0 Å². The van der Waals surface area contributed by atoms with Gasteiger partial charge in [0.05, 0.1) is 18.3 Å². The van der Waals surface area contributed by atoms with Crippen LogP contribution in [-0.4, -0.2) is 36.4 Å². The molecule has 6 heteroatoms. The molecular formula is C17H24N2O4. The number of aromatic carboxylic acids is 1. The molecule has 0 spiro atoms. The number of rotatable bonds is 7. The standard InChI is InChI=1S/C17H24N2O4/c20-16(21)14-8-6-13(7-9-14)12-19-17(22)18-10-11-23-15-4-2-1-3-5-15/h6-9,15H,1-5,10-12H2,(H,20,21)(H2,18,19,22). The van der Waals surface area contributed by atoms with Crippen LogP contribution in [0.1, 0.15) is 48.0 Å². The summed E-state index contributed by atoms with van der Waals surface area (Å²) in [5.41, 5.74) is 1.08. The van der Waals surface area contributed by atoms with Crippen molar-refractivity contribution in [3.63, 3.8) is 0 Å². The summed E-state index contributed by atoms with van der Waals surface area (Å²) in [6.45, 7) is 1.38. The lowest BCUT2D eigenvalue weighted by Gasteiger charge is -2.22. The Morgan fingerprint density at radius 1 is 1.09 bits per heavy atom. The highest BCUT2D eigenvalue weighted by Crippen LogP contribution is 2.19. The lowest BCUT2D eigenvalue weighted by molar-refractivity contribution is 0.0311. The van der Waals surface area contributed by atoms with E-state index in [1.54, 1.807) is 12.1 Å². The largest absolute Gasteiger partial charge is 0.478 e. The first-order valence-electron chi connectivity index (χ1n) is 8.10. The average molecular weight is 320 g/mol. The lowest BCUT2D eigenvalue weighted by atomic mass is 9.98. The zero-order chi connectivity index (χ0) is 16.5. The molecule has 126 valence electrons. The summed E-state index contributed by atoms with van der Waals surface area (Å²) in [7, 11) is 0. The molecule has 0 aliphatic heterocycles. The Bertz CT molecular complexity index is 510. The number of carbonyl (C=O) groups is 2. The molecule has 0 bridgehead atoms. The van der Waals surface area contributed by atoms with Crippen molar-refractivity contribution in [2.45, 2.75) is 44.8 Å². The van der Waals surface area contributed by atoms with Crippen LogP contribution in [0.4, 0.5) is 4.79 Å². The van der Waals surface area contributed by atoms with Gasteiger partial charge in [-0.25, -0.2) is 9.59 Å². The summed E-state index contributed by atoms with van der Waals surface area (Å²) < 4.78 is 5.73. The number of benzene rings is 1. The van der Waals surface area contributed by atoms with Gasteiger partial charge >= 0.3 is 12.0 Å². The van der Waals surface area contributed by atoms with E-state index in [0.717, 1.165) is 18.4 Å². The van der Waals surface area contributed by atoms with E-state index in [1.165, 1.54) is 31.4 Å². The van der Waals surface area contributed by atoms with Crippen LogP contribution in [-0.2, 0) is 11.3 Å². The summed E-state index contributed by atoms with van der Waals surface area (Å²) in [4.78, 5) is 22.4. The van der Waals surface area contributed by atoms with Crippen LogP contribution in [0.15, 0.2) is 24.3 Å². The number of carboxylic acids is 1. The molecule has 0 saturated heterocycles. The number of amides is 2. The predicted molar refractivity (Wildman–Crippen MR) is 86.5 cm³/mol. The molecule has 1 aromatic rings. The number of nitrogens with one attached hydrogen (secondary N) is 2. The summed E-state index contributed by atoms with van der Waals surface area (Å²) >= 11 is 0. The van der Waals surface area contributed by atoms with Gasteiger partial charge in [-0.05, 0) is 30.5 Å². The van der Waals surface area contributed by atoms with Crippen molar-refractivity contribution in [2.24, 2.45) is 0 Å². The maximum Gasteiger partial charge on any atom is 0.335 e. The topological polar surface area (TPSA) is 87.7 Å². The maximum absolute atomic E-state index is 11.7. The smallest absolute Gasteiger partial charge is 0.335 e. The first kappa shape index (κ1) is 17.3. The molecule has 3 N–H and O–H groups in total. The molecule has 1 aromatic carbocycles. The molecule has 0 unspecified atom stereocenters. The van der Waals surface area contributed by atoms with Crippen molar-refractivity contribution in [1.82, 2.24) is 10.6 Å². The Labute approximate surface area is 136 Å². The molecule has 1 saturated carbocycles. The SMILES string of the molecule is O=C(NCCOC1CCCCC1)NCc1ccc(C(=O)O)cc1. The van der Waals surface area contributed by atoms with E-state index in [0.29, 0.717) is 25.8 Å². The molecule has 0 aromatic heterocycles. The molecule has 0 heterocycles. The van der Waals surface area contributed by atoms with E-state index in [9.17, 15) is 9.59 Å². The van der Waals surface area contributed by atoms with E-state index in [4.69, 9.17) is 9.84 Å². The van der Waals surface area contributed by atoms with E-state index < -0.39 is 5.97 Å². The maximum atomic E-state index is 11.7. The Balaban J connectivity index is 1.58. The zero-order valence-electron chi connectivity index (χ0n) is 13.2. The second-order valence-electron chi connectivity index (χ2n) is 5.74. The van der Waals surface area contributed by atoms with Crippen LogP contribution in [0, 0.1) is 0 Å². The summed E-state index contributed by atoms with van der Waals surface area (Å²) in [6, 6.07) is 6.18. The molecule has 2 rings (SSSR count). The van der Waals surface area contributed by atoms with Gasteiger partial charge in [0.2, 0.25) is 0 Å². The molecular weight excluding hydrogens is 296 g/mol. The fourth-order valence-corrected chi connectivity index (χ4v) is 2.63. The van der Waals surface area contributed by atoms with Crippen molar-refractivity contribution >= 4 is 12.0 Å². The van der Waals surface area contributed by atoms with Gasteiger partial charge in [0.1, 0.15) is 0 Å². The second-order valence-corrected chi connectivity index (χ2v) is 5.74. The third-order valence-corrected chi connectivity index (χ3v) is 3.95. The van der Waals surface area contributed by atoms with Gasteiger partial charge in [-0.15, -0.1) is 0 Å².